The summed E-state index contributed by atoms with van der Waals surface area (Å²) in [5, 5.41) is 8.32. The van der Waals surface area contributed by atoms with E-state index in [1.165, 1.54) is 6.26 Å². The summed E-state index contributed by atoms with van der Waals surface area (Å²) in [6.07, 6.45) is 3.42. The lowest BCUT2D eigenvalue weighted by molar-refractivity contribution is -0.150. The average Bonchev–Trinajstić information content (AvgIpc) is 2.33. The first-order valence-corrected chi connectivity index (χ1v) is 5.45. The Morgan fingerprint density at radius 2 is 1.94 bits per heavy atom. The van der Waals surface area contributed by atoms with E-state index in [4.69, 9.17) is 20.5 Å². The Morgan fingerprint density at radius 3 is 2.35 bits per heavy atom. The van der Waals surface area contributed by atoms with Gasteiger partial charge in [0.2, 0.25) is 0 Å². The number of nitrogens with zero attached hydrogens (tertiary/aromatic N) is 1. The van der Waals surface area contributed by atoms with Crippen molar-refractivity contribution < 1.29 is 19.0 Å². The minimum Gasteiger partial charge on any atom is -0.382 e. The maximum atomic E-state index is 11.5. The molecule has 0 spiro atoms. The molecule has 0 unspecified atom stereocenters. The van der Waals surface area contributed by atoms with Gasteiger partial charge in [0.05, 0.1) is 12.2 Å². The Balaban J connectivity index is 2.66. The lowest BCUT2D eigenvalue weighted by Crippen LogP contribution is -2.56. The topological polar surface area (TPSA) is 94.6 Å². The molecule has 0 aromatic carbocycles. The smallest absolute Gasteiger partial charge is 0.341 e. The van der Waals surface area contributed by atoms with Crippen molar-refractivity contribution in [1.82, 2.24) is 0 Å². The number of nitriles is 1. The Bertz CT molecular complexity index is 316. The maximum absolute atomic E-state index is 11.5. The molecule has 1 fully saturated rings. The van der Waals surface area contributed by atoms with Crippen LogP contribution in [0.25, 0.3) is 0 Å². The highest BCUT2D eigenvalue weighted by Gasteiger charge is 2.46. The molecular formula is C11H18N2O4. The van der Waals surface area contributed by atoms with Crippen molar-refractivity contribution in [3.63, 3.8) is 0 Å². The third kappa shape index (κ3) is 2.94. The normalized spacial score (nSPS) is 32.8. The van der Waals surface area contributed by atoms with Gasteiger partial charge in [-0.15, -0.1) is 5.26 Å². The third-order valence-electron chi connectivity index (χ3n) is 3.44. The number of esters is 1. The molecule has 0 aliphatic heterocycles. The van der Waals surface area contributed by atoms with Crippen LogP contribution >= 0.6 is 0 Å². The molecule has 6 nitrogen and oxygen atoms in total. The van der Waals surface area contributed by atoms with Crippen LogP contribution in [0.2, 0.25) is 0 Å². The van der Waals surface area contributed by atoms with Crippen molar-refractivity contribution in [2.45, 2.75) is 36.8 Å². The zero-order valence-electron chi connectivity index (χ0n) is 10.2. The van der Waals surface area contributed by atoms with Crippen LogP contribution in [0.1, 0.15) is 25.7 Å². The molecule has 1 saturated carbocycles. The van der Waals surface area contributed by atoms with E-state index in [9.17, 15) is 4.79 Å². The highest BCUT2D eigenvalue weighted by atomic mass is 16.5. The standard InChI is InChI=1S/C11H18N2O4/c1-15-7-10(16-2)3-5-11(13,6-4-10)9(14)17-8-12/h3-7,13H2,1-2H3. The first kappa shape index (κ1) is 13.9. The fraction of sp³-hybridized carbons (Fsp3) is 0.818. The number of rotatable bonds is 4. The first-order valence-electron chi connectivity index (χ1n) is 5.45. The monoisotopic (exact) mass is 242 g/mol. The number of nitrogens with two attached hydrogens (primary N) is 1. The van der Waals surface area contributed by atoms with E-state index in [0.717, 1.165) is 0 Å². The predicted molar refractivity (Wildman–Crippen MR) is 58.7 cm³/mol. The van der Waals surface area contributed by atoms with Crippen molar-refractivity contribution in [1.29, 1.82) is 5.26 Å². The summed E-state index contributed by atoms with van der Waals surface area (Å²) < 4.78 is 14.9. The van der Waals surface area contributed by atoms with Gasteiger partial charge in [0.25, 0.3) is 6.26 Å². The van der Waals surface area contributed by atoms with Gasteiger partial charge in [0.1, 0.15) is 5.54 Å². The molecule has 0 atom stereocenters. The van der Waals surface area contributed by atoms with Gasteiger partial charge in [-0.05, 0) is 25.7 Å². The molecule has 1 rings (SSSR count). The summed E-state index contributed by atoms with van der Waals surface area (Å²) in [6, 6.07) is 0. The van der Waals surface area contributed by atoms with Crippen molar-refractivity contribution in [3.8, 4) is 6.26 Å². The molecule has 1 aliphatic carbocycles. The molecule has 0 aromatic rings. The lowest BCUT2D eigenvalue weighted by atomic mass is 9.74. The van der Waals surface area contributed by atoms with Gasteiger partial charge in [-0.25, -0.2) is 4.79 Å². The molecule has 0 saturated heterocycles. The molecular weight excluding hydrogens is 224 g/mol. The molecule has 0 bridgehead atoms. The number of carbonyl (C=O) groups excluding carboxylic acids is 1. The van der Waals surface area contributed by atoms with Gasteiger partial charge in [0, 0.05) is 14.2 Å². The van der Waals surface area contributed by atoms with E-state index in [1.54, 1.807) is 14.2 Å². The van der Waals surface area contributed by atoms with E-state index < -0.39 is 11.5 Å². The largest absolute Gasteiger partial charge is 0.382 e. The Kier molecular flexibility index (Phi) is 4.46. The summed E-state index contributed by atoms with van der Waals surface area (Å²) in [7, 11) is 3.23. The first-order chi connectivity index (χ1) is 8.02. The van der Waals surface area contributed by atoms with Crippen molar-refractivity contribution in [2.24, 2.45) is 5.73 Å². The second kappa shape index (κ2) is 5.45. The number of hydrogen-bond acceptors (Lipinski definition) is 6. The van der Waals surface area contributed by atoms with Gasteiger partial charge in [-0.1, -0.05) is 0 Å². The molecule has 6 heteroatoms. The summed E-state index contributed by atoms with van der Waals surface area (Å²) in [5.41, 5.74) is 4.48. The second-order valence-electron chi connectivity index (χ2n) is 4.46. The van der Waals surface area contributed by atoms with Crippen LogP contribution in [-0.4, -0.2) is 37.9 Å². The quantitative estimate of drug-likeness (QED) is 0.563. The van der Waals surface area contributed by atoms with Gasteiger partial charge in [0.15, 0.2) is 0 Å². The number of ether oxygens (including phenoxy) is 3. The summed E-state index contributed by atoms with van der Waals surface area (Å²) in [4.78, 5) is 11.5. The lowest BCUT2D eigenvalue weighted by Gasteiger charge is -2.41. The number of hydrogen-bond donors (Lipinski definition) is 1. The molecule has 2 N–H and O–H groups in total. The van der Waals surface area contributed by atoms with Gasteiger partial charge >= 0.3 is 5.97 Å². The molecule has 0 aromatic heterocycles. The highest BCUT2D eigenvalue weighted by Crippen LogP contribution is 2.36. The summed E-state index contributed by atoms with van der Waals surface area (Å²) in [6.45, 7) is 0.465. The van der Waals surface area contributed by atoms with Crippen LogP contribution in [0.4, 0.5) is 0 Å². The minimum absolute atomic E-state index is 0.384. The molecule has 0 amide bonds. The van der Waals surface area contributed by atoms with E-state index in [-0.39, 0.29) is 5.60 Å². The Hall–Kier alpha value is -1.16. The second-order valence-corrected chi connectivity index (χ2v) is 4.46. The maximum Gasteiger partial charge on any atom is 0.341 e. The van der Waals surface area contributed by atoms with Crippen molar-refractivity contribution in [2.75, 3.05) is 20.8 Å². The highest BCUT2D eigenvalue weighted by molar-refractivity contribution is 5.81. The average molecular weight is 242 g/mol. The number of carbonyl (C=O) groups is 1. The SMILES string of the molecule is COCC1(OC)CCC(N)(C(=O)OC#N)CC1. The van der Waals surface area contributed by atoms with Crippen LogP contribution in [0.5, 0.6) is 0 Å². The van der Waals surface area contributed by atoms with Crippen LogP contribution < -0.4 is 5.73 Å². The zero-order chi connectivity index (χ0) is 12.9. The zero-order valence-corrected chi connectivity index (χ0v) is 10.2. The minimum atomic E-state index is -1.08. The number of methoxy groups -OCH3 is 2. The van der Waals surface area contributed by atoms with Gasteiger partial charge in [-0.3, -0.25) is 0 Å². The Labute approximate surface area is 101 Å². The van der Waals surface area contributed by atoms with Crippen LogP contribution in [0, 0.1) is 11.5 Å². The third-order valence-corrected chi connectivity index (χ3v) is 3.44. The fourth-order valence-corrected chi connectivity index (χ4v) is 2.17. The van der Waals surface area contributed by atoms with E-state index >= 15 is 0 Å². The molecule has 96 valence electrons. The molecule has 1 aliphatic rings. The van der Waals surface area contributed by atoms with Crippen LogP contribution in [0.15, 0.2) is 0 Å². The summed E-state index contributed by atoms with van der Waals surface area (Å²) >= 11 is 0. The van der Waals surface area contributed by atoms with Crippen molar-refractivity contribution >= 4 is 5.97 Å². The fourth-order valence-electron chi connectivity index (χ4n) is 2.17. The molecule has 0 radical (unpaired) electrons. The predicted octanol–water partition coefficient (Wildman–Crippen LogP) is 0.314. The van der Waals surface area contributed by atoms with Crippen LogP contribution in [-0.2, 0) is 19.0 Å². The van der Waals surface area contributed by atoms with E-state index in [2.05, 4.69) is 4.74 Å². The van der Waals surface area contributed by atoms with Crippen LogP contribution in [0.3, 0.4) is 0 Å². The summed E-state index contributed by atoms with van der Waals surface area (Å²) in [5.74, 6) is -0.665. The van der Waals surface area contributed by atoms with Crippen molar-refractivity contribution in [3.05, 3.63) is 0 Å². The Morgan fingerprint density at radius 1 is 1.35 bits per heavy atom. The molecule has 17 heavy (non-hydrogen) atoms. The van der Waals surface area contributed by atoms with E-state index in [0.29, 0.717) is 32.3 Å². The molecule has 0 heterocycles. The van der Waals surface area contributed by atoms with Gasteiger partial charge < -0.3 is 19.9 Å². The van der Waals surface area contributed by atoms with E-state index in [1.807, 2.05) is 0 Å². The van der Waals surface area contributed by atoms with Gasteiger partial charge in [-0.2, -0.15) is 0 Å².